The minimum Gasteiger partial charge on any atom is -0.376 e. The topological polar surface area (TPSA) is 77.7 Å². The van der Waals surface area contributed by atoms with Gasteiger partial charge in [-0.3, -0.25) is 4.98 Å². The number of amides is 2. The van der Waals surface area contributed by atoms with Gasteiger partial charge in [-0.05, 0) is 30.5 Å². The maximum absolute atomic E-state index is 11.5. The van der Waals surface area contributed by atoms with Crippen LogP contribution in [-0.2, 0) is 16.1 Å². The molecule has 0 radical (unpaired) electrons. The van der Waals surface area contributed by atoms with Crippen LogP contribution in [0.15, 0.2) is 24.5 Å². The standard InChI is InChI=1S/C16H23N3O3/c17-15(20)19-8-9-22-16(12-19)5-1-2-14(16)11-21-10-13-3-6-18-7-4-13/h3-4,6-7,14H,1-2,5,8-12H2,(H2,17,20)/t14-,16-/m1/s1. The number of carbonyl (C=O) groups is 1. The molecule has 2 atom stereocenters. The summed E-state index contributed by atoms with van der Waals surface area (Å²) in [5, 5.41) is 0. The number of hydrogen-bond donors (Lipinski definition) is 1. The monoisotopic (exact) mass is 305 g/mol. The third-order valence-corrected chi connectivity index (χ3v) is 4.75. The smallest absolute Gasteiger partial charge is 0.314 e. The number of urea groups is 1. The van der Waals surface area contributed by atoms with Crippen LogP contribution in [0.5, 0.6) is 0 Å². The van der Waals surface area contributed by atoms with Crippen molar-refractivity contribution in [2.24, 2.45) is 11.7 Å². The Hall–Kier alpha value is -1.66. The van der Waals surface area contributed by atoms with Gasteiger partial charge in [-0.25, -0.2) is 4.79 Å². The predicted octanol–water partition coefficient (Wildman–Crippen LogP) is 1.55. The average molecular weight is 305 g/mol. The molecule has 0 aromatic carbocycles. The van der Waals surface area contributed by atoms with Crippen LogP contribution in [0.3, 0.4) is 0 Å². The Bertz CT molecular complexity index is 511. The zero-order valence-electron chi connectivity index (χ0n) is 12.7. The van der Waals surface area contributed by atoms with Gasteiger partial charge in [0.1, 0.15) is 0 Å². The summed E-state index contributed by atoms with van der Waals surface area (Å²) < 4.78 is 12.0. The Balaban J connectivity index is 1.57. The van der Waals surface area contributed by atoms with E-state index in [0.717, 1.165) is 24.8 Å². The lowest BCUT2D eigenvalue weighted by molar-refractivity contribution is -0.132. The second kappa shape index (κ2) is 6.62. The van der Waals surface area contributed by atoms with Crippen molar-refractivity contribution in [2.45, 2.75) is 31.5 Å². The molecule has 2 fully saturated rings. The number of nitrogens with two attached hydrogens (primary N) is 1. The van der Waals surface area contributed by atoms with Gasteiger partial charge in [-0.1, -0.05) is 6.42 Å². The van der Waals surface area contributed by atoms with Crippen molar-refractivity contribution in [1.82, 2.24) is 9.88 Å². The van der Waals surface area contributed by atoms with Gasteiger partial charge in [0.25, 0.3) is 0 Å². The summed E-state index contributed by atoms with van der Waals surface area (Å²) in [5.74, 6) is 0.316. The van der Waals surface area contributed by atoms with E-state index in [2.05, 4.69) is 4.98 Å². The van der Waals surface area contributed by atoms with Gasteiger partial charge < -0.3 is 20.1 Å². The van der Waals surface area contributed by atoms with Crippen LogP contribution in [0.1, 0.15) is 24.8 Å². The maximum atomic E-state index is 11.5. The Labute approximate surface area is 130 Å². The normalized spacial score (nSPS) is 28.2. The molecular formula is C16H23N3O3. The highest BCUT2D eigenvalue weighted by molar-refractivity contribution is 5.72. The summed E-state index contributed by atoms with van der Waals surface area (Å²) in [5.41, 5.74) is 6.28. The summed E-state index contributed by atoms with van der Waals surface area (Å²) in [6.07, 6.45) is 6.69. The second-order valence-electron chi connectivity index (χ2n) is 6.13. The molecule has 120 valence electrons. The molecule has 2 N–H and O–H groups in total. The fraction of sp³-hybridized carbons (Fsp3) is 0.625. The second-order valence-corrected chi connectivity index (χ2v) is 6.13. The van der Waals surface area contributed by atoms with Crippen LogP contribution in [0.4, 0.5) is 4.79 Å². The molecule has 1 aliphatic heterocycles. The first-order chi connectivity index (χ1) is 10.7. The van der Waals surface area contributed by atoms with Crippen LogP contribution >= 0.6 is 0 Å². The highest BCUT2D eigenvalue weighted by atomic mass is 16.5. The third kappa shape index (κ3) is 3.23. The summed E-state index contributed by atoms with van der Waals surface area (Å²) in [7, 11) is 0. The van der Waals surface area contributed by atoms with Crippen molar-refractivity contribution < 1.29 is 14.3 Å². The minimum absolute atomic E-state index is 0.272. The van der Waals surface area contributed by atoms with Gasteiger partial charge in [-0.15, -0.1) is 0 Å². The zero-order valence-corrected chi connectivity index (χ0v) is 12.7. The van der Waals surface area contributed by atoms with Crippen molar-refractivity contribution in [3.63, 3.8) is 0 Å². The van der Waals surface area contributed by atoms with Crippen molar-refractivity contribution in [3.8, 4) is 0 Å². The van der Waals surface area contributed by atoms with E-state index < -0.39 is 0 Å². The number of rotatable bonds is 4. The molecule has 1 aromatic heterocycles. The van der Waals surface area contributed by atoms with E-state index in [4.69, 9.17) is 15.2 Å². The molecule has 0 bridgehead atoms. The lowest BCUT2D eigenvalue weighted by Gasteiger charge is -2.43. The maximum Gasteiger partial charge on any atom is 0.314 e. The lowest BCUT2D eigenvalue weighted by Crippen LogP contribution is -2.57. The molecule has 0 unspecified atom stereocenters. The van der Waals surface area contributed by atoms with Crippen LogP contribution in [0.25, 0.3) is 0 Å². The van der Waals surface area contributed by atoms with Crippen LogP contribution in [0, 0.1) is 5.92 Å². The number of morpholine rings is 1. The van der Waals surface area contributed by atoms with E-state index in [1.165, 1.54) is 0 Å². The fourth-order valence-electron chi connectivity index (χ4n) is 3.54. The lowest BCUT2D eigenvalue weighted by atomic mass is 9.89. The van der Waals surface area contributed by atoms with Gasteiger partial charge >= 0.3 is 6.03 Å². The van der Waals surface area contributed by atoms with E-state index in [9.17, 15) is 4.79 Å². The molecular weight excluding hydrogens is 282 g/mol. The summed E-state index contributed by atoms with van der Waals surface area (Å²) in [6.45, 7) is 2.96. The molecule has 1 aromatic rings. The third-order valence-electron chi connectivity index (χ3n) is 4.75. The van der Waals surface area contributed by atoms with E-state index in [0.29, 0.717) is 38.8 Å². The molecule has 1 spiro atoms. The predicted molar refractivity (Wildman–Crippen MR) is 81.1 cm³/mol. The SMILES string of the molecule is NC(=O)N1CCO[C@]2(CCC[C@@H]2COCc2ccncc2)C1. The zero-order chi connectivity index (χ0) is 15.4. The van der Waals surface area contributed by atoms with Gasteiger partial charge in [-0.2, -0.15) is 0 Å². The summed E-state index contributed by atoms with van der Waals surface area (Å²) in [6, 6.07) is 3.55. The first-order valence-corrected chi connectivity index (χ1v) is 7.85. The first-order valence-electron chi connectivity index (χ1n) is 7.85. The van der Waals surface area contributed by atoms with Crippen molar-refractivity contribution >= 4 is 6.03 Å². The first kappa shape index (κ1) is 15.2. The largest absolute Gasteiger partial charge is 0.376 e. The van der Waals surface area contributed by atoms with Crippen molar-refractivity contribution in [3.05, 3.63) is 30.1 Å². The average Bonchev–Trinajstić information content (AvgIpc) is 2.90. The number of carbonyl (C=O) groups excluding carboxylic acids is 1. The Kier molecular flexibility index (Phi) is 4.59. The van der Waals surface area contributed by atoms with Crippen molar-refractivity contribution in [1.29, 1.82) is 0 Å². The number of pyridine rings is 1. The Morgan fingerprint density at radius 1 is 1.50 bits per heavy atom. The number of ether oxygens (including phenoxy) is 2. The van der Waals surface area contributed by atoms with E-state index >= 15 is 0 Å². The summed E-state index contributed by atoms with van der Waals surface area (Å²) in [4.78, 5) is 17.2. The van der Waals surface area contributed by atoms with E-state index in [1.807, 2.05) is 12.1 Å². The quantitative estimate of drug-likeness (QED) is 0.915. The van der Waals surface area contributed by atoms with Gasteiger partial charge in [0.15, 0.2) is 0 Å². The van der Waals surface area contributed by atoms with E-state index in [-0.39, 0.29) is 11.6 Å². The van der Waals surface area contributed by atoms with Gasteiger partial charge in [0, 0.05) is 24.9 Å². The molecule has 6 nitrogen and oxygen atoms in total. The highest BCUT2D eigenvalue weighted by Crippen LogP contribution is 2.41. The molecule has 22 heavy (non-hydrogen) atoms. The number of hydrogen-bond acceptors (Lipinski definition) is 4. The molecule has 1 saturated carbocycles. The van der Waals surface area contributed by atoms with Crippen molar-refractivity contribution in [2.75, 3.05) is 26.3 Å². The molecule has 2 aliphatic rings. The summed E-state index contributed by atoms with van der Waals surface area (Å²) >= 11 is 0. The molecule has 1 aliphatic carbocycles. The molecule has 1 saturated heterocycles. The Morgan fingerprint density at radius 2 is 2.32 bits per heavy atom. The highest BCUT2D eigenvalue weighted by Gasteiger charge is 2.47. The number of nitrogens with zero attached hydrogens (tertiary/aromatic N) is 2. The van der Waals surface area contributed by atoms with Gasteiger partial charge in [0.2, 0.25) is 0 Å². The van der Waals surface area contributed by atoms with Crippen LogP contribution in [0.2, 0.25) is 0 Å². The van der Waals surface area contributed by atoms with E-state index in [1.54, 1.807) is 17.3 Å². The van der Waals surface area contributed by atoms with Crippen LogP contribution < -0.4 is 5.73 Å². The minimum atomic E-state index is -0.356. The molecule has 2 amide bonds. The molecule has 3 rings (SSSR count). The fourth-order valence-corrected chi connectivity index (χ4v) is 3.54. The number of aromatic nitrogens is 1. The molecule has 2 heterocycles. The molecule has 6 heteroatoms. The van der Waals surface area contributed by atoms with Crippen LogP contribution in [-0.4, -0.2) is 47.8 Å². The number of primary amides is 1. The Morgan fingerprint density at radius 3 is 3.09 bits per heavy atom. The van der Waals surface area contributed by atoms with Gasteiger partial charge in [0.05, 0.1) is 32.0 Å².